The lowest BCUT2D eigenvalue weighted by Crippen LogP contribution is -1.83. The van der Waals surface area contributed by atoms with Gasteiger partial charge in [-0.25, -0.2) is 0 Å². The zero-order valence-electron chi connectivity index (χ0n) is 7.83. The van der Waals surface area contributed by atoms with Gasteiger partial charge in [-0.2, -0.15) is 17.0 Å². The number of nitrogens with zero attached hydrogens (tertiary/aromatic N) is 1. The van der Waals surface area contributed by atoms with Crippen LogP contribution in [-0.4, -0.2) is 12.0 Å². The molecule has 1 aromatic rings. The quantitative estimate of drug-likeness (QED) is 0.731. The number of thioether (sulfide) groups is 1. The van der Waals surface area contributed by atoms with Gasteiger partial charge in [-0.3, -0.25) is 0 Å². The maximum absolute atomic E-state index is 8.82. The Kier molecular flexibility index (Phi) is 4.58. The molecule has 14 heavy (non-hydrogen) atoms. The molecule has 0 amide bonds. The van der Waals surface area contributed by atoms with Crippen molar-refractivity contribution in [2.45, 2.75) is 0 Å². The molecule has 72 valence electrons. The molecule has 0 unspecified atom stereocenters. The van der Waals surface area contributed by atoms with Crippen LogP contribution in [0.2, 0.25) is 5.02 Å². The summed E-state index contributed by atoms with van der Waals surface area (Å²) >= 11 is 7.47. The minimum atomic E-state index is 0.695. The van der Waals surface area contributed by atoms with Crippen LogP contribution in [0.25, 0.3) is 6.08 Å². The Morgan fingerprint density at radius 2 is 2.43 bits per heavy atom. The number of benzene rings is 1. The number of halogens is 1. The smallest absolute Gasteiger partial charge is 0.0956 e. The van der Waals surface area contributed by atoms with Crippen LogP contribution in [0.15, 0.2) is 29.8 Å². The Hall–Kier alpha value is -0.910. The third-order valence-corrected chi connectivity index (χ3v) is 2.47. The van der Waals surface area contributed by atoms with Crippen molar-refractivity contribution in [1.82, 2.24) is 0 Å². The van der Waals surface area contributed by atoms with E-state index in [0.717, 1.165) is 16.9 Å². The molecule has 0 saturated carbocycles. The van der Waals surface area contributed by atoms with Crippen LogP contribution < -0.4 is 0 Å². The Morgan fingerprint density at radius 3 is 3.00 bits per heavy atom. The summed E-state index contributed by atoms with van der Waals surface area (Å²) in [6, 6.07) is 9.64. The molecule has 0 spiro atoms. The fraction of sp³-hybridized carbons (Fsp3) is 0.182. The van der Waals surface area contributed by atoms with Gasteiger partial charge in [0.25, 0.3) is 0 Å². The molecule has 0 aliphatic heterocycles. The maximum atomic E-state index is 8.82. The predicted octanol–water partition coefficient (Wildman–Crippen LogP) is 3.61. The van der Waals surface area contributed by atoms with Gasteiger partial charge in [0.15, 0.2) is 0 Å². The first kappa shape index (κ1) is 11.2. The summed E-state index contributed by atoms with van der Waals surface area (Å²) in [5, 5.41) is 9.52. The number of hydrogen-bond acceptors (Lipinski definition) is 2. The Labute approximate surface area is 93.4 Å². The van der Waals surface area contributed by atoms with Crippen LogP contribution >= 0.6 is 23.4 Å². The highest BCUT2D eigenvalue weighted by Gasteiger charge is 1.95. The Bertz CT molecular complexity index is 379. The zero-order chi connectivity index (χ0) is 10.4. The molecule has 1 aromatic carbocycles. The van der Waals surface area contributed by atoms with E-state index in [1.54, 1.807) is 11.8 Å². The van der Waals surface area contributed by atoms with Crippen molar-refractivity contribution in [2.24, 2.45) is 0 Å². The van der Waals surface area contributed by atoms with Crippen molar-refractivity contribution in [3.63, 3.8) is 0 Å². The summed E-state index contributed by atoms with van der Waals surface area (Å²) in [4.78, 5) is 0. The van der Waals surface area contributed by atoms with E-state index in [4.69, 9.17) is 16.9 Å². The molecule has 0 aliphatic rings. The van der Waals surface area contributed by atoms with Gasteiger partial charge in [0.2, 0.25) is 0 Å². The second-order valence-corrected chi connectivity index (χ2v) is 4.07. The van der Waals surface area contributed by atoms with Gasteiger partial charge < -0.3 is 0 Å². The molecule has 3 heteroatoms. The fourth-order valence-electron chi connectivity index (χ4n) is 1.06. The lowest BCUT2D eigenvalue weighted by molar-refractivity contribution is 1.46. The van der Waals surface area contributed by atoms with Crippen molar-refractivity contribution in [3.8, 4) is 6.07 Å². The van der Waals surface area contributed by atoms with E-state index >= 15 is 0 Å². The third-order valence-electron chi connectivity index (χ3n) is 1.63. The summed E-state index contributed by atoms with van der Waals surface area (Å²) in [6.07, 6.45) is 3.84. The molecule has 0 aromatic heterocycles. The van der Waals surface area contributed by atoms with Gasteiger partial charge in [0.05, 0.1) is 6.07 Å². The summed E-state index contributed by atoms with van der Waals surface area (Å²) < 4.78 is 0. The molecule has 0 radical (unpaired) electrons. The van der Waals surface area contributed by atoms with Crippen LogP contribution in [0.5, 0.6) is 0 Å². The van der Waals surface area contributed by atoms with E-state index in [2.05, 4.69) is 6.07 Å². The van der Waals surface area contributed by atoms with Gasteiger partial charge in [-0.1, -0.05) is 23.7 Å². The third kappa shape index (κ3) is 3.45. The van der Waals surface area contributed by atoms with E-state index in [1.807, 2.05) is 36.6 Å². The molecule has 0 atom stereocenters. The summed E-state index contributed by atoms with van der Waals surface area (Å²) in [7, 11) is 0. The number of nitriles is 1. The molecule has 1 nitrogen and oxygen atoms in total. The lowest BCUT2D eigenvalue weighted by Gasteiger charge is -1.97. The van der Waals surface area contributed by atoms with Gasteiger partial charge in [-0.05, 0) is 30.0 Å². The SMILES string of the molecule is CSC/C(C#N)=C/c1cccc(Cl)c1. The van der Waals surface area contributed by atoms with Crippen LogP contribution in [0, 0.1) is 11.3 Å². The predicted molar refractivity (Wildman–Crippen MR) is 63.4 cm³/mol. The van der Waals surface area contributed by atoms with Crippen molar-refractivity contribution in [2.75, 3.05) is 12.0 Å². The van der Waals surface area contributed by atoms with Crippen LogP contribution in [0.1, 0.15) is 5.56 Å². The largest absolute Gasteiger partial charge is 0.193 e. The van der Waals surface area contributed by atoms with E-state index in [1.165, 1.54) is 0 Å². The first-order valence-electron chi connectivity index (χ1n) is 4.11. The van der Waals surface area contributed by atoms with Crippen molar-refractivity contribution < 1.29 is 0 Å². The van der Waals surface area contributed by atoms with Crippen LogP contribution in [0.4, 0.5) is 0 Å². The highest BCUT2D eigenvalue weighted by molar-refractivity contribution is 7.98. The highest BCUT2D eigenvalue weighted by Crippen LogP contribution is 2.14. The zero-order valence-corrected chi connectivity index (χ0v) is 9.40. The van der Waals surface area contributed by atoms with Crippen LogP contribution in [-0.2, 0) is 0 Å². The average molecular weight is 224 g/mol. The monoisotopic (exact) mass is 223 g/mol. The summed E-state index contributed by atoms with van der Waals surface area (Å²) in [5.41, 5.74) is 1.74. The first-order valence-corrected chi connectivity index (χ1v) is 5.88. The normalized spacial score (nSPS) is 11.1. The number of hydrogen-bond donors (Lipinski definition) is 0. The van der Waals surface area contributed by atoms with Gasteiger partial charge in [-0.15, -0.1) is 0 Å². The standard InChI is InChI=1S/C11H10ClNS/c1-14-8-10(7-13)5-9-3-2-4-11(12)6-9/h2-6H,8H2,1H3/b10-5+. The Morgan fingerprint density at radius 1 is 1.64 bits per heavy atom. The fourth-order valence-corrected chi connectivity index (χ4v) is 1.72. The molecule has 0 N–H and O–H groups in total. The molecule has 0 aliphatic carbocycles. The lowest BCUT2D eigenvalue weighted by atomic mass is 10.1. The minimum absolute atomic E-state index is 0.695. The second kappa shape index (κ2) is 5.74. The van der Waals surface area contributed by atoms with E-state index in [-0.39, 0.29) is 0 Å². The highest BCUT2D eigenvalue weighted by atomic mass is 35.5. The molecule has 0 saturated heterocycles. The summed E-state index contributed by atoms with van der Waals surface area (Å²) in [5.74, 6) is 0.739. The minimum Gasteiger partial charge on any atom is -0.193 e. The molecular formula is C11H10ClNS. The molecule has 0 bridgehead atoms. The van der Waals surface area contributed by atoms with E-state index < -0.39 is 0 Å². The van der Waals surface area contributed by atoms with Crippen LogP contribution in [0.3, 0.4) is 0 Å². The summed E-state index contributed by atoms with van der Waals surface area (Å²) in [6.45, 7) is 0. The van der Waals surface area contributed by atoms with Crippen molar-refractivity contribution in [1.29, 1.82) is 5.26 Å². The second-order valence-electron chi connectivity index (χ2n) is 2.77. The van der Waals surface area contributed by atoms with Crippen molar-refractivity contribution in [3.05, 3.63) is 40.4 Å². The topological polar surface area (TPSA) is 23.8 Å². The van der Waals surface area contributed by atoms with Crippen molar-refractivity contribution >= 4 is 29.4 Å². The van der Waals surface area contributed by atoms with Gasteiger partial charge >= 0.3 is 0 Å². The van der Waals surface area contributed by atoms with E-state index in [9.17, 15) is 0 Å². The molecular weight excluding hydrogens is 214 g/mol. The average Bonchev–Trinajstić information content (AvgIpc) is 2.17. The molecule has 1 rings (SSSR count). The molecule has 0 fully saturated rings. The Balaban J connectivity index is 2.90. The van der Waals surface area contributed by atoms with Gasteiger partial charge in [0, 0.05) is 16.3 Å². The maximum Gasteiger partial charge on any atom is 0.0956 e. The van der Waals surface area contributed by atoms with Gasteiger partial charge in [0.1, 0.15) is 0 Å². The van der Waals surface area contributed by atoms with E-state index in [0.29, 0.717) is 5.02 Å². The molecule has 0 heterocycles. The first-order chi connectivity index (χ1) is 6.76. The number of rotatable bonds is 3.